The number of carbonyl (C=O) groups excluding carboxylic acids is 2. The number of benzene rings is 2. The highest BCUT2D eigenvalue weighted by atomic mass is 35.5. The summed E-state index contributed by atoms with van der Waals surface area (Å²) in [7, 11) is -3.13. The van der Waals surface area contributed by atoms with Crippen LogP contribution in [0.1, 0.15) is 76.3 Å². The molecule has 222 valence electrons. The molecular formula is C31H37Cl2FN2O4S. The second-order valence-corrected chi connectivity index (χ2v) is 16.4. The molecule has 1 aliphatic carbocycles. The van der Waals surface area contributed by atoms with Crippen molar-refractivity contribution < 1.29 is 22.4 Å². The van der Waals surface area contributed by atoms with E-state index in [1.165, 1.54) is 12.3 Å². The molecule has 2 aromatic rings. The van der Waals surface area contributed by atoms with Crippen molar-refractivity contribution in [3.63, 3.8) is 0 Å². The van der Waals surface area contributed by atoms with E-state index in [2.05, 4.69) is 31.4 Å². The third kappa shape index (κ3) is 5.57. The van der Waals surface area contributed by atoms with Crippen molar-refractivity contribution in [2.45, 2.75) is 88.0 Å². The molecule has 2 aliphatic heterocycles. The number of ketones is 1. The molecule has 2 N–H and O–H groups in total. The molecule has 1 spiro atoms. The van der Waals surface area contributed by atoms with E-state index in [1.54, 1.807) is 24.3 Å². The van der Waals surface area contributed by atoms with Gasteiger partial charge in [0.25, 0.3) is 0 Å². The molecule has 1 saturated heterocycles. The van der Waals surface area contributed by atoms with Crippen LogP contribution in [0.5, 0.6) is 0 Å². The first-order valence-electron chi connectivity index (χ1n) is 14.2. The van der Waals surface area contributed by atoms with E-state index in [-0.39, 0.29) is 45.3 Å². The van der Waals surface area contributed by atoms with E-state index in [0.29, 0.717) is 48.4 Å². The number of nitrogens with one attached hydrogen (secondary N) is 2. The van der Waals surface area contributed by atoms with Crippen LogP contribution in [0.2, 0.25) is 10.0 Å². The van der Waals surface area contributed by atoms with Gasteiger partial charge in [0.1, 0.15) is 21.1 Å². The number of amides is 1. The lowest BCUT2D eigenvalue weighted by atomic mass is 9.62. The average molecular weight is 624 g/mol. The van der Waals surface area contributed by atoms with Gasteiger partial charge in [-0.1, -0.05) is 62.2 Å². The predicted octanol–water partition coefficient (Wildman–Crippen LogP) is 6.45. The van der Waals surface area contributed by atoms with Crippen molar-refractivity contribution in [1.29, 1.82) is 0 Å². The molecule has 1 amide bonds. The summed E-state index contributed by atoms with van der Waals surface area (Å²) in [5.41, 5.74) is -0.0460. The van der Waals surface area contributed by atoms with Crippen LogP contribution in [-0.4, -0.2) is 43.7 Å². The van der Waals surface area contributed by atoms with Gasteiger partial charge in [0, 0.05) is 35.3 Å². The lowest BCUT2D eigenvalue weighted by molar-refractivity contribution is -0.123. The Balaban J connectivity index is 1.60. The van der Waals surface area contributed by atoms with Gasteiger partial charge in [-0.05, 0) is 72.8 Å². The third-order valence-corrected chi connectivity index (χ3v) is 11.4. The molecule has 0 radical (unpaired) electrons. The van der Waals surface area contributed by atoms with Gasteiger partial charge >= 0.3 is 0 Å². The van der Waals surface area contributed by atoms with Crippen LogP contribution in [0, 0.1) is 17.2 Å². The van der Waals surface area contributed by atoms with Crippen LogP contribution in [0.25, 0.3) is 0 Å². The van der Waals surface area contributed by atoms with Gasteiger partial charge in [0.2, 0.25) is 5.91 Å². The minimum atomic E-state index is -3.13. The fraction of sp³-hybridized carbons (Fsp3) is 0.548. The maximum absolute atomic E-state index is 15.9. The lowest BCUT2D eigenvalue weighted by Crippen LogP contribution is -2.49. The normalized spacial score (nSPS) is 29.9. The van der Waals surface area contributed by atoms with E-state index in [9.17, 15) is 18.0 Å². The van der Waals surface area contributed by atoms with Crippen LogP contribution < -0.4 is 10.6 Å². The number of halogens is 3. The monoisotopic (exact) mass is 622 g/mol. The molecule has 2 aromatic carbocycles. The quantitative estimate of drug-likeness (QED) is 0.386. The standard InChI is InChI=1S/C31H37Cl2FN2O4S/c1-30(2,3)16-25-31(21-13-10-18(32)15-23(21)35-29(31)38)26(20-6-5-7-22(33)27(20)34)28(36-25)24(37)14-17-8-11-19(12-9-17)41(4,39)40/h5-7,10,13,15,17,19,25-26,28,36H,8-9,11-12,14,16H2,1-4H3,(H,35,38)/t17?,19?,25-,26+,28+,31+/m1/s1. The average Bonchev–Trinajstić information content (AvgIpc) is 3.34. The van der Waals surface area contributed by atoms with Crippen molar-refractivity contribution in [3.05, 3.63) is 63.4 Å². The van der Waals surface area contributed by atoms with Crippen LogP contribution in [0.3, 0.4) is 0 Å². The summed E-state index contributed by atoms with van der Waals surface area (Å²) >= 11 is 12.6. The topological polar surface area (TPSA) is 92.3 Å². The Labute approximate surface area is 251 Å². The summed E-state index contributed by atoms with van der Waals surface area (Å²) in [6.45, 7) is 6.22. The molecule has 2 heterocycles. The molecule has 0 unspecified atom stereocenters. The molecular weight excluding hydrogens is 586 g/mol. The SMILES string of the molecule is CC(C)(C)C[C@H]1N[C@@H](C(=O)CC2CCC(S(C)(=O)=O)CC2)[C@H](c2cccc(Cl)c2F)[C@@]12C(=O)Nc1cc(Cl)ccc12. The second-order valence-electron chi connectivity index (χ2n) is 13.2. The fourth-order valence-electron chi connectivity index (χ4n) is 7.38. The minimum absolute atomic E-state index is 0.0215. The van der Waals surface area contributed by atoms with Crippen LogP contribution in [0.4, 0.5) is 10.1 Å². The van der Waals surface area contributed by atoms with Crippen molar-refractivity contribution in [2.75, 3.05) is 11.6 Å². The molecule has 41 heavy (non-hydrogen) atoms. The number of hydrogen-bond donors (Lipinski definition) is 2. The summed E-state index contributed by atoms with van der Waals surface area (Å²) in [4.78, 5) is 28.4. The molecule has 5 rings (SSSR count). The van der Waals surface area contributed by atoms with Gasteiger partial charge in [0.05, 0.1) is 16.3 Å². The Hall–Kier alpha value is -2.00. The maximum atomic E-state index is 15.9. The molecule has 4 atom stereocenters. The molecule has 6 nitrogen and oxygen atoms in total. The van der Waals surface area contributed by atoms with Crippen molar-refractivity contribution in [2.24, 2.45) is 11.3 Å². The minimum Gasteiger partial charge on any atom is -0.325 e. The highest BCUT2D eigenvalue weighted by Gasteiger charge is 2.66. The van der Waals surface area contributed by atoms with Gasteiger partial charge in [-0.25, -0.2) is 12.8 Å². The number of rotatable bonds is 6. The Morgan fingerprint density at radius 2 is 1.78 bits per heavy atom. The van der Waals surface area contributed by atoms with E-state index >= 15 is 4.39 Å². The van der Waals surface area contributed by atoms with Crippen LogP contribution in [0.15, 0.2) is 36.4 Å². The summed E-state index contributed by atoms with van der Waals surface area (Å²) in [5, 5.41) is 6.54. The van der Waals surface area contributed by atoms with E-state index in [1.807, 2.05) is 6.07 Å². The number of carbonyl (C=O) groups is 2. The zero-order chi connectivity index (χ0) is 29.9. The van der Waals surface area contributed by atoms with Gasteiger partial charge in [-0.15, -0.1) is 0 Å². The Bertz CT molecular complexity index is 1480. The number of Topliss-reactive ketones (excluding diaryl/α,β-unsaturated/α-hetero) is 1. The summed E-state index contributed by atoms with van der Waals surface area (Å²) < 4.78 is 40.0. The summed E-state index contributed by atoms with van der Waals surface area (Å²) in [6, 6.07) is 8.61. The summed E-state index contributed by atoms with van der Waals surface area (Å²) in [5.74, 6) is -1.89. The first kappa shape index (κ1) is 30.5. The third-order valence-electron chi connectivity index (χ3n) is 9.17. The molecule has 2 fully saturated rings. The van der Waals surface area contributed by atoms with Crippen molar-refractivity contribution >= 4 is 50.4 Å². The molecule has 0 bridgehead atoms. The molecule has 0 aromatic heterocycles. The van der Waals surface area contributed by atoms with Gasteiger partial charge in [-0.3, -0.25) is 9.59 Å². The zero-order valence-corrected chi connectivity index (χ0v) is 26.1. The van der Waals surface area contributed by atoms with Crippen molar-refractivity contribution in [3.8, 4) is 0 Å². The smallest absolute Gasteiger partial charge is 0.237 e. The first-order chi connectivity index (χ1) is 19.1. The number of fused-ring (bicyclic) bond motifs is 2. The Morgan fingerprint density at radius 1 is 1.10 bits per heavy atom. The lowest BCUT2D eigenvalue weighted by Gasteiger charge is -2.38. The molecule has 1 saturated carbocycles. The zero-order valence-electron chi connectivity index (χ0n) is 23.8. The first-order valence-corrected chi connectivity index (χ1v) is 16.9. The van der Waals surface area contributed by atoms with Crippen LogP contribution >= 0.6 is 23.2 Å². The van der Waals surface area contributed by atoms with Crippen molar-refractivity contribution in [1.82, 2.24) is 5.32 Å². The number of hydrogen-bond acceptors (Lipinski definition) is 5. The largest absolute Gasteiger partial charge is 0.325 e. The predicted molar refractivity (Wildman–Crippen MR) is 161 cm³/mol. The summed E-state index contributed by atoms with van der Waals surface area (Å²) in [6.07, 6.45) is 4.34. The Morgan fingerprint density at radius 3 is 2.41 bits per heavy atom. The van der Waals surface area contributed by atoms with Gasteiger partial charge in [-0.2, -0.15) is 0 Å². The van der Waals surface area contributed by atoms with Crippen LogP contribution in [-0.2, 0) is 24.8 Å². The Kier molecular flexibility index (Phi) is 8.12. The van der Waals surface area contributed by atoms with E-state index < -0.39 is 39.1 Å². The fourth-order valence-corrected chi connectivity index (χ4v) is 8.86. The highest BCUT2D eigenvalue weighted by Crippen LogP contribution is 2.57. The van der Waals surface area contributed by atoms with E-state index in [0.717, 1.165) is 0 Å². The number of sulfone groups is 1. The molecule has 10 heteroatoms. The van der Waals surface area contributed by atoms with Gasteiger partial charge < -0.3 is 10.6 Å². The molecule has 3 aliphatic rings. The van der Waals surface area contributed by atoms with E-state index in [4.69, 9.17) is 23.2 Å². The highest BCUT2D eigenvalue weighted by molar-refractivity contribution is 7.91. The number of anilines is 1. The van der Waals surface area contributed by atoms with Gasteiger partial charge in [0.15, 0.2) is 5.78 Å². The maximum Gasteiger partial charge on any atom is 0.237 e. The second kappa shape index (κ2) is 10.9.